The zero-order chi connectivity index (χ0) is 25.4. The molecule has 2 atom stereocenters. The molecule has 0 aliphatic rings. The van der Waals surface area contributed by atoms with E-state index in [4.69, 9.17) is 9.47 Å². The number of aliphatic carboxylic acids is 1. The summed E-state index contributed by atoms with van der Waals surface area (Å²) in [6, 6.07) is 19.0. The number of phenolic OH excluding ortho intramolecular Hbond substituents is 1. The maximum absolute atomic E-state index is 12.9. The SMILES string of the molecule is CSc1ccc(NC(=O)O[C@@H](c2cc(Br)cc(Br)c2O)[C@H](/C=C/C(=O)O)Oc2ccccc2)cc1. The number of ether oxygens (including phenoxy) is 2. The number of thioether (sulfide) groups is 1. The van der Waals surface area contributed by atoms with Crippen LogP contribution in [0.15, 0.2) is 92.7 Å². The van der Waals surface area contributed by atoms with Crippen molar-refractivity contribution < 1.29 is 29.3 Å². The first-order chi connectivity index (χ1) is 16.8. The number of para-hydroxylation sites is 1. The topological polar surface area (TPSA) is 105 Å². The van der Waals surface area contributed by atoms with E-state index in [1.165, 1.54) is 6.08 Å². The predicted octanol–water partition coefficient (Wildman–Crippen LogP) is 7.02. The zero-order valence-electron chi connectivity index (χ0n) is 18.4. The molecule has 0 saturated heterocycles. The van der Waals surface area contributed by atoms with Crippen LogP contribution in [-0.2, 0) is 9.53 Å². The Balaban J connectivity index is 1.99. The Bertz CT molecular complexity index is 1200. The van der Waals surface area contributed by atoms with Crippen LogP contribution in [0.5, 0.6) is 11.5 Å². The number of hydrogen-bond acceptors (Lipinski definition) is 6. The fourth-order valence-electron chi connectivity index (χ4n) is 3.08. The fraction of sp³-hybridized carbons (Fsp3) is 0.120. The zero-order valence-corrected chi connectivity index (χ0v) is 22.3. The summed E-state index contributed by atoms with van der Waals surface area (Å²) in [6.07, 6.45) is 0.978. The lowest BCUT2D eigenvalue weighted by Gasteiger charge is -2.27. The van der Waals surface area contributed by atoms with Gasteiger partial charge in [-0.15, -0.1) is 11.8 Å². The molecule has 0 saturated carbocycles. The molecule has 3 aromatic rings. The maximum Gasteiger partial charge on any atom is 0.412 e. The van der Waals surface area contributed by atoms with Gasteiger partial charge in [-0.05, 0) is 76.8 Å². The highest BCUT2D eigenvalue weighted by Crippen LogP contribution is 2.39. The van der Waals surface area contributed by atoms with E-state index in [0.29, 0.717) is 20.4 Å². The first kappa shape index (κ1) is 26.7. The van der Waals surface area contributed by atoms with Gasteiger partial charge in [-0.25, -0.2) is 9.59 Å². The van der Waals surface area contributed by atoms with E-state index in [9.17, 15) is 19.8 Å². The molecule has 0 unspecified atom stereocenters. The number of carbonyl (C=O) groups is 2. The van der Waals surface area contributed by atoms with E-state index in [2.05, 4.69) is 37.2 Å². The number of carbonyl (C=O) groups excluding carboxylic acids is 1. The van der Waals surface area contributed by atoms with Crippen LogP contribution in [-0.4, -0.2) is 34.6 Å². The van der Waals surface area contributed by atoms with Gasteiger partial charge >= 0.3 is 12.1 Å². The molecular formula is C25H21Br2NO6S. The van der Waals surface area contributed by atoms with Crippen LogP contribution >= 0.6 is 43.6 Å². The van der Waals surface area contributed by atoms with Crippen LogP contribution in [0.4, 0.5) is 10.5 Å². The van der Waals surface area contributed by atoms with Crippen molar-refractivity contribution in [3.63, 3.8) is 0 Å². The van der Waals surface area contributed by atoms with Gasteiger partial charge in [0.05, 0.1) is 4.47 Å². The van der Waals surface area contributed by atoms with E-state index in [0.717, 1.165) is 11.0 Å². The van der Waals surface area contributed by atoms with Crippen molar-refractivity contribution in [2.75, 3.05) is 11.6 Å². The van der Waals surface area contributed by atoms with E-state index >= 15 is 0 Å². The molecule has 0 heterocycles. The van der Waals surface area contributed by atoms with Crippen LogP contribution < -0.4 is 10.1 Å². The minimum atomic E-state index is -1.22. The molecule has 3 aromatic carbocycles. The van der Waals surface area contributed by atoms with Gasteiger partial charge in [-0.1, -0.05) is 34.1 Å². The van der Waals surface area contributed by atoms with Crippen LogP contribution in [0.1, 0.15) is 11.7 Å². The molecule has 0 spiro atoms. The molecule has 3 N–H and O–H groups in total. The lowest BCUT2D eigenvalue weighted by atomic mass is 10.0. The van der Waals surface area contributed by atoms with Gasteiger partial charge < -0.3 is 19.7 Å². The Morgan fingerprint density at radius 3 is 2.37 bits per heavy atom. The van der Waals surface area contributed by atoms with E-state index in [1.807, 2.05) is 18.4 Å². The molecule has 10 heteroatoms. The number of hydrogen-bond donors (Lipinski definition) is 3. The third-order valence-corrected chi connectivity index (χ3v) is 6.48. The lowest BCUT2D eigenvalue weighted by molar-refractivity contribution is -0.131. The third-order valence-electron chi connectivity index (χ3n) is 4.68. The number of phenols is 1. The third kappa shape index (κ3) is 7.78. The largest absolute Gasteiger partial charge is 0.506 e. The van der Waals surface area contributed by atoms with Crippen molar-refractivity contribution in [1.82, 2.24) is 0 Å². The van der Waals surface area contributed by atoms with Gasteiger partial charge in [0.2, 0.25) is 0 Å². The van der Waals surface area contributed by atoms with E-state index < -0.39 is 24.3 Å². The Kier molecular flexibility index (Phi) is 9.64. The van der Waals surface area contributed by atoms with Gasteiger partial charge in [0, 0.05) is 26.7 Å². The molecule has 3 rings (SSSR count). The van der Waals surface area contributed by atoms with E-state index in [1.54, 1.807) is 66.4 Å². The predicted molar refractivity (Wildman–Crippen MR) is 142 cm³/mol. The van der Waals surface area contributed by atoms with Crippen LogP contribution in [0.25, 0.3) is 0 Å². The number of anilines is 1. The number of carboxylic acids is 1. The first-order valence-corrected chi connectivity index (χ1v) is 13.0. The Morgan fingerprint density at radius 2 is 1.74 bits per heavy atom. The molecule has 0 aromatic heterocycles. The molecule has 182 valence electrons. The smallest absolute Gasteiger partial charge is 0.412 e. The van der Waals surface area contributed by atoms with Gasteiger partial charge in [-0.2, -0.15) is 0 Å². The maximum atomic E-state index is 12.9. The van der Waals surface area contributed by atoms with Gasteiger partial charge in [0.15, 0.2) is 12.2 Å². The Morgan fingerprint density at radius 1 is 1.06 bits per heavy atom. The highest BCUT2D eigenvalue weighted by atomic mass is 79.9. The summed E-state index contributed by atoms with van der Waals surface area (Å²) in [7, 11) is 0. The summed E-state index contributed by atoms with van der Waals surface area (Å²) in [5, 5.41) is 22.6. The van der Waals surface area contributed by atoms with Crippen molar-refractivity contribution in [2.24, 2.45) is 0 Å². The van der Waals surface area contributed by atoms with Crippen molar-refractivity contribution in [3.8, 4) is 11.5 Å². The summed E-state index contributed by atoms with van der Waals surface area (Å²) in [6.45, 7) is 0. The second kappa shape index (κ2) is 12.7. The number of carboxylic acid groups (broad SMARTS) is 1. The number of rotatable bonds is 9. The average molecular weight is 623 g/mol. The Hall–Kier alpha value is -2.95. The van der Waals surface area contributed by atoms with Gasteiger partial charge in [-0.3, -0.25) is 5.32 Å². The molecule has 0 bridgehead atoms. The highest BCUT2D eigenvalue weighted by Gasteiger charge is 2.31. The van der Waals surface area contributed by atoms with Crippen molar-refractivity contribution in [3.05, 3.63) is 93.4 Å². The van der Waals surface area contributed by atoms with Crippen molar-refractivity contribution in [2.45, 2.75) is 17.1 Å². The monoisotopic (exact) mass is 621 g/mol. The van der Waals surface area contributed by atoms with E-state index in [-0.39, 0.29) is 11.3 Å². The number of amides is 1. The molecule has 35 heavy (non-hydrogen) atoms. The van der Waals surface area contributed by atoms with Crippen molar-refractivity contribution >= 4 is 61.4 Å². The first-order valence-electron chi connectivity index (χ1n) is 10.2. The van der Waals surface area contributed by atoms with Gasteiger partial charge in [0.1, 0.15) is 11.5 Å². The highest BCUT2D eigenvalue weighted by molar-refractivity contribution is 9.11. The molecule has 7 nitrogen and oxygen atoms in total. The minimum Gasteiger partial charge on any atom is -0.506 e. The Labute approximate surface area is 223 Å². The normalized spacial score (nSPS) is 12.7. The van der Waals surface area contributed by atoms with Crippen molar-refractivity contribution in [1.29, 1.82) is 0 Å². The fourth-order valence-corrected chi connectivity index (χ4v) is 4.75. The summed E-state index contributed by atoms with van der Waals surface area (Å²) in [5.74, 6) is -0.966. The standard InChI is InChI=1S/C25H21Br2NO6S/c1-35-18-9-7-16(8-10-18)28-25(32)34-24(19-13-15(26)14-20(27)23(19)31)21(11-12-22(29)30)33-17-5-3-2-4-6-17/h2-14,21,24,31H,1H3,(H,28,32)(H,29,30)/b12-11+/t21-,24-/m0/s1. The van der Waals surface area contributed by atoms with Crippen LogP contribution in [0.3, 0.4) is 0 Å². The molecule has 0 fully saturated rings. The average Bonchev–Trinajstić information content (AvgIpc) is 2.84. The van der Waals surface area contributed by atoms with Crippen LogP contribution in [0, 0.1) is 0 Å². The molecule has 0 aliphatic carbocycles. The molecule has 0 aliphatic heterocycles. The summed E-state index contributed by atoms with van der Waals surface area (Å²) in [5.41, 5.74) is 0.711. The summed E-state index contributed by atoms with van der Waals surface area (Å²) < 4.78 is 12.7. The second-order valence-corrected chi connectivity index (χ2v) is 9.75. The number of aromatic hydroxyl groups is 1. The molecule has 1 amide bonds. The second-order valence-electron chi connectivity index (χ2n) is 7.10. The van der Waals surface area contributed by atoms with Gasteiger partial charge in [0.25, 0.3) is 0 Å². The minimum absolute atomic E-state index is 0.180. The number of benzene rings is 3. The molecular weight excluding hydrogens is 602 g/mol. The summed E-state index contributed by atoms with van der Waals surface area (Å²) in [4.78, 5) is 25.2. The number of halogens is 2. The number of nitrogens with one attached hydrogen (secondary N) is 1. The van der Waals surface area contributed by atoms with Crippen LogP contribution in [0.2, 0.25) is 0 Å². The molecule has 0 radical (unpaired) electrons. The quantitative estimate of drug-likeness (QED) is 0.174. The summed E-state index contributed by atoms with van der Waals surface area (Å²) >= 11 is 8.23. The lowest BCUT2D eigenvalue weighted by Crippen LogP contribution is -2.30.